The van der Waals surface area contributed by atoms with E-state index in [1.54, 1.807) is 0 Å². The Labute approximate surface area is 123 Å². The van der Waals surface area contributed by atoms with E-state index in [1.807, 2.05) is 12.4 Å². The monoisotopic (exact) mass is 278 g/mol. The quantitative estimate of drug-likeness (QED) is 0.895. The van der Waals surface area contributed by atoms with E-state index in [4.69, 9.17) is 0 Å². The molecule has 1 aliphatic carbocycles. The topological polar surface area (TPSA) is 33.1 Å². The minimum absolute atomic E-state index is 0.651. The zero-order valence-electron chi connectivity index (χ0n) is 13.6. The molecule has 4 heteroatoms. The maximum atomic E-state index is 4.42. The lowest BCUT2D eigenvalue weighted by molar-refractivity contribution is 0.111. The van der Waals surface area contributed by atoms with Crippen molar-refractivity contribution < 1.29 is 0 Å². The summed E-state index contributed by atoms with van der Waals surface area (Å²) in [4.78, 5) is 6.85. The third kappa shape index (κ3) is 3.61. The van der Waals surface area contributed by atoms with Gasteiger partial charge in [-0.1, -0.05) is 13.8 Å². The molecule has 1 fully saturated rings. The van der Waals surface area contributed by atoms with Crippen LogP contribution in [0.15, 0.2) is 12.4 Å². The maximum absolute atomic E-state index is 4.42. The number of hydrogen-bond acceptors (Lipinski definition) is 3. The summed E-state index contributed by atoms with van der Waals surface area (Å²) in [5.74, 6) is 3.52. The fourth-order valence-corrected chi connectivity index (χ4v) is 3.76. The summed E-state index contributed by atoms with van der Waals surface area (Å²) in [6, 6.07) is 0.651. The smallest absolute Gasteiger partial charge is 0.122 e. The second-order valence-electron chi connectivity index (χ2n) is 6.76. The summed E-state index contributed by atoms with van der Waals surface area (Å²) in [7, 11) is 6.39. The van der Waals surface area contributed by atoms with Crippen LogP contribution in [-0.2, 0) is 13.6 Å². The molecule has 0 saturated heterocycles. The average molecular weight is 278 g/mol. The second-order valence-corrected chi connectivity index (χ2v) is 6.76. The summed E-state index contributed by atoms with van der Waals surface area (Å²) in [6.07, 6.45) is 6.57. The molecule has 0 amide bonds. The molecule has 0 aliphatic heterocycles. The van der Waals surface area contributed by atoms with Gasteiger partial charge in [0.2, 0.25) is 0 Å². The summed E-state index contributed by atoms with van der Waals surface area (Å²) in [5, 5.41) is 3.54. The molecule has 4 unspecified atom stereocenters. The van der Waals surface area contributed by atoms with Gasteiger partial charge < -0.3 is 9.88 Å². The van der Waals surface area contributed by atoms with Crippen molar-refractivity contribution in [3.8, 4) is 0 Å². The molecular formula is C16H30N4. The molecule has 4 atom stereocenters. The zero-order valence-corrected chi connectivity index (χ0v) is 13.6. The predicted molar refractivity (Wildman–Crippen MR) is 83.4 cm³/mol. The van der Waals surface area contributed by atoms with Gasteiger partial charge in [0, 0.05) is 32.0 Å². The third-order valence-electron chi connectivity index (χ3n) is 4.90. The number of nitrogens with one attached hydrogen (secondary N) is 1. The van der Waals surface area contributed by atoms with E-state index in [1.165, 1.54) is 12.8 Å². The first-order valence-corrected chi connectivity index (χ1v) is 7.83. The van der Waals surface area contributed by atoms with Gasteiger partial charge in [0.05, 0.1) is 6.54 Å². The molecule has 0 bridgehead atoms. The Morgan fingerprint density at radius 2 is 2.15 bits per heavy atom. The van der Waals surface area contributed by atoms with Gasteiger partial charge in [-0.3, -0.25) is 4.90 Å². The van der Waals surface area contributed by atoms with Crippen molar-refractivity contribution in [2.24, 2.45) is 24.8 Å². The van der Waals surface area contributed by atoms with Crippen molar-refractivity contribution in [2.75, 3.05) is 20.6 Å². The lowest BCUT2D eigenvalue weighted by atomic mass is 9.72. The van der Waals surface area contributed by atoms with Gasteiger partial charge >= 0.3 is 0 Å². The fraction of sp³-hybridized carbons (Fsp3) is 0.812. The van der Waals surface area contributed by atoms with Crippen LogP contribution in [-0.4, -0.2) is 41.1 Å². The number of imidazole rings is 1. The van der Waals surface area contributed by atoms with E-state index in [2.05, 4.69) is 54.8 Å². The number of nitrogens with zero attached hydrogens (tertiary/aromatic N) is 3. The van der Waals surface area contributed by atoms with Gasteiger partial charge in [-0.2, -0.15) is 0 Å². The molecule has 1 aliphatic rings. The Hall–Kier alpha value is -0.870. The van der Waals surface area contributed by atoms with E-state index in [0.29, 0.717) is 6.04 Å². The second kappa shape index (κ2) is 6.72. The highest BCUT2D eigenvalue weighted by molar-refractivity contribution is 4.92. The first kappa shape index (κ1) is 15.5. The summed E-state index contributed by atoms with van der Waals surface area (Å²) in [6.45, 7) is 6.87. The van der Waals surface area contributed by atoms with Crippen molar-refractivity contribution in [3.05, 3.63) is 18.2 Å². The molecule has 0 spiro atoms. The Balaban J connectivity index is 1.95. The molecule has 20 heavy (non-hydrogen) atoms. The Kier molecular flexibility index (Phi) is 5.22. The van der Waals surface area contributed by atoms with Gasteiger partial charge in [0.1, 0.15) is 5.82 Å². The van der Waals surface area contributed by atoms with Crippen LogP contribution in [0.4, 0.5) is 0 Å². The first-order chi connectivity index (χ1) is 9.51. The highest BCUT2D eigenvalue weighted by Gasteiger charge is 2.33. The molecule has 1 N–H and O–H groups in total. The number of rotatable bonds is 5. The van der Waals surface area contributed by atoms with Crippen LogP contribution < -0.4 is 5.32 Å². The molecular weight excluding hydrogens is 248 g/mol. The Bertz CT molecular complexity index is 414. The number of aryl methyl sites for hydroxylation is 1. The average Bonchev–Trinajstić information content (AvgIpc) is 2.78. The molecule has 114 valence electrons. The molecule has 1 saturated carbocycles. The maximum Gasteiger partial charge on any atom is 0.122 e. The molecule has 0 radical (unpaired) electrons. The zero-order chi connectivity index (χ0) is 14.7. The van der Waals surface area contributed by atoms with Gasteiger partial charge in [-0.25, -0.2) is 4.98 Å². The Morgan fingerprint density at radius 1 is 1.40 bits per heavy atom. The van der Waals surface area contributed by atoms with E-state index >= 15 is 0 Å². The minimum Gasteiger partial charge on any atom is -0.337 e. The van der Waals surface area contributed by atoms with Crippen LogP contribution in [0.25, 0.3) is 0 Å². The Morgan fingerprint density at radius 3 is 2.75 bits per heavy atom. The lowest BCUT2D eigenvalue weighted by Gasteiger charge is -2.41. The van der Waals surface area contributed by atoms with Gasteiger partial charge in [-0.05, 0) is 44.7 Å². The van der Waals surface area contributed by atoms with Crippen molar-refractivity contribution in [1.82, 2.24) is 19.8 Å². The third-order valence-corrected chi connectivity index (χ3v) is 4.90. The van der Waals surface area contributed by atoms with E-state index < -0.39 is 0 Å². The van der Waals surface area contributed by atoms with Crippen molar-refractivity contribution in [2.45, 2.75) is 39.3 Å². The lowest BCUT2D eigenvalue weighted by Crippen LogP contribution is -2.47. The highest BCUT2D eigenvalue weighted by Crippen LogP contribution is 2.34. The minimum atomic E-state index is 0.651. The molecule has 1 aromatic rings. The number of hydrogen-bond donors (Lipinski definition) is 1. The molecule has 1 heterocycles. The molecule has 4 nitrogen and oxygen atoms in total. The standard InChI is InChI=1S/C16H30N4/c1-12-8-13(2)14(15(9-12)17-3)10-19(4)11-16-18-6-7-20(16)5/h6-7,12-15,17H,8-11H2,1-5H3. The molecule has 0 aromatic carbocycles. The van der Waals surface area contributed by atoms with Gasteiger partial charge in [-0.15, -0.1) is 0 Å². The summed E-state index contributed by atoms with van der Waals surface area (Å²) in [5.41, 5.74) is 0. The van der Waals surface area contributed by atoms with Crippen LogP contribution >= 0.6 is 0 Å². The predicted octanol–water partition coefficient (Wildman–Crippen LogP) is 2.12. The first-order valence-electron chi connectivity index (χ1n) is 7.83. The van der Waals surface area contributed by atoms with Gasteiger partial charge in [0.25, 0.3) is 0 Å². The molecule has 2 rings (SSSR count). The van der Waals surface area contributed by atoms with Crippen LogP contribution in [0.1, 0.15) is 32.5 Å². The van der Waals surface area contributed by atoms with Crippen molar-refractivity contribution >= 4 is 0 Å². The van der Waals surface area contributed by atoms with E-state index in [-0.39, 0.29) is 0 Å². The normalized spacial score (nSPS) is 30.9. The summed E-state index contributed by atoms with van der Waals surface area (Å²) < 4.78 is 2.11. The van der Waals surface area contributed by atoms with Crippen molar-refractivity contribution in [3.63, 3.8) is 0 Å². The van der Waals surface area contributed by atoms with Crippen LogP contribution in [0.5, 0.6) is 0 Å². The number of aromatic nitrogens is 2. The summed E-state index contributed by atoms with van der Waals surface area (Å²) >= 11 is 0. The fourth-order valence-electron chi connectivity index (χ4n) is 3.76. The van der Waals surface area contributed by atoms with Crippen LogP contribution in [0, 0.1) is 17.8 Å². The SMILES string of the molecule is CNC1CC(C)CC(C)C1CN(C)Cc1nccn1C. The van der Waals surface area contributed by atoms with Crippen LogP contribution in [0.3, 0.4) is 0 Å². The van der Waals surface area contributed by atoms with Gasteiger partial charge in [0.15, 0.2) is 0 Å². The highest BCUT2D eigenvalue weighted by atomic mass is 15.2. The van der Waals surface area contributed by atoms with Crippen LogP contribution in [0.2, 0.25) is 0 Å². The molecule has 1 aromatic heterocycles. The largest absolute Gasteiger partial charge is 0.337 e. The van der Waals surface area contributed by atoms with E-state index in [0.717, 1.165) is 36.7 Å². The van der Waals surface area contributed by atoms with E-state index in [9.17, 15) is 0 Å². The van der Waals surface area contributed by atoms with Crippen molar-refractivity contribution in [1.29, 1.82) is 0 Å².